The fourth-order valence-electron chi connectivity index (χ4n) is 6.31. The molecule has 1 aliphatic heterocycles. The normalized spacial score (nSPS) is 13.4. The van der Waals surface area contributed by atoms with Gasteiger partial charge in [-0.15, -0.1) is 0 Å². The molecule has 232 valence electrons. The van der Waals surface area contributed by atoms with Crippen molar-refractivity contribution >= 4 is 36.0 Å². The Morgan fingerprint density at radius 3 is 1.98 bits per heavy atom. The fourth-order valence-corrected chi connectivity index (χ4v) is 10.9. The first-order chi connectivity index (χ1) is 21.7. The number of nitro groups is 1. The SMILES string of the molecule is CC(C)(C)[Si](OCCCC1=C(C[N+](=O)[O-])c2ccccc2N(C(=O)OCc2ccccc2)C1)(c1ccccc1)c1ccccc1. The second kappa shape index (κ2) is 14.1. The van der Waals surface area contributed by atoms with Crippen molar-refractivity contribution in [1.29, 1.82) is 0 Å². The topological polar surface area (TPSA) is 81.9 Å². The van der Waals surface area contributed by atoms with Crippen LogP contribution in [0.15, 0.2) is 121 Å². The lowest BCUT2D eigenvalue weighted by atomic mass is 9.91. The van der Waals surface area contributed by atoms with Gasteiger partial charge in [0.1, 0.15) is 6.61 Å². The van der Waals surface area contributed by atoms with Crippen molar-refractivity contribution in [2.45, 2.75) is 45.3 Å². The average Bonchev–Trinajstić information content (AvgIpc) is 3.05. The van der Waals surface area contributed by atoms with Gasteiger partial charge in [0.15, 0.2) is 0 Å². The second-order valence-corrected chi connectivity index (χ2v) is 16.6. The van der Waals surface area contributed by atoms with E-state index in [2.05, 4.69) is 69.3 Å². The van der Waals surface area contributed by atoms with Gasteiger partial charge in [-0.1, -0.05) is 130 Å². The Bertz CT molecular complexity index is 1600. The number of hydrogen-bond donors (Lipinski definition) is 0. The van der Waals surface area contributed by atoms with Crippen molar-refractivity contribution < 1.29 is 18.9 Å². The van der Waals surface area contributed by atoms with Gasteiger partial charge in [-0.3, -0.25) is 15.0 Å². The summed E-state index contributed by atoms with van der Waals surface area (Å²) in [5.74, 6) is 0. The molecular weight excluding hydrogens is 581 g/mol. The fraction of sp³-hybridized carbons (Fsp3) is 0.270. The molecule has 4 aromatic carbocycles. The van der Waals surface area contributed by atoms with Gasteiger partial charge >= 0.3 is 6.09 Å². The molecule has 7 nitrogen and oxygen atoms in total. The highest BCUT2D eigenvalue weighted by atomic mass is 28.4. The second-order valence-electron chi connectivity index (χ2n) is 12.3. The highest BCUT2D eigenvalue weighted by molar-refractivity contribution is 6.99. The van der Waals surface area contributed by atoms with Crippen LogP contribution in [-0.2, 0) is 15.8 Å². The minimum absolute atomic E-state index is 0.144. The smallest absolute Gasteiger partial charge is 0.414 e. The van der Waals surface area contributed by atoms with E-state index in [-0.39, 0.29) is 29.7 Å². The molecule has 0 bridgehead atoms. The van der Waals surface area contributed by atoms with Gasteiger partial charge in [-0.2, -0.15) is 0 Å². The zero-order chi connectivity index (χ0) is 31.9. The van der Waals surface area contributed by atoms with Crippen LogP contribution < -0.4 is 15.3 Å². The van der Waals surface area contributed by atoms with Gasteiger partial charge in [0.25, 0.3) is 8.32 Å². The third-order valence-corrected chi connectivity index (χ3v) is 13.4. The molecule has 45 heavy (non-hydrogen) atoms. The number of rotatable bonds is 11. The largest absolute Gasteiger partial charge is 0.444 e. The summed E-state index contributed by atoms with van der Waals surface area (Å²) in [4.78, 5) is 26.6. The molecule has 8 heteroatoms. The van der Waals surface area contributed by atoms with Crippen molar-refractivity contribution in [3.05, 3.63) is 142 Å². The van der Waals surface area contributed by atoms with Gasteiger partial charge in [0.2, 0.25) is 6.54 Å². The number of ether oxygens (including phenoxy) is 1. The molecule has 0 saturated carbocycles. The van der Waals surface area contributed by atoms with Gasteiger partial charge in [0, 0.05) is 22.7 Å². The van der Waals surface area contributed by atoms with Crippen LogP contribution in [0.3, 0.4) is 0 Å². The van der Waals surface area contributed by atoms with Crippen molar-refractivity contribution in [1.82, 2.24) is 0 Å². The lowest BCUT2D eigenvalue weighted by Gasteiger charge is -2.43. The lowest BCUT2D eigenvalue weighted by Crippen LogP contribution is -2.66. The van der Waals surface area contributed by atoms with E-state index in [0.717, 1.165) is 11.1 Å². The van der Waals surface area contributed by atoms with Crippen LogP contribution in [-0.4, -0.2) is 39.0 Å². The molecular formula is C37H40N2O5Si. The van der Waals surface area contributed by atoms with E-state index in [0.29, 0.717) is 36.3 Å². The molecule has 0 atom stereocenters. The predicted octanol–water partition coefficient (Wildman–Crippen LogP) is 7.23. The molecule has 0 saturated heterocycles. The first-order valence-electron chi connectivity index (χ1n) is 15.4. The van der Waals surface area contributed by atoms with Crippen molar-refractivity contribution in [2.75, 3.05) is 24.6 Å². The average molecular weight is 621 g/mol. The van der Waals surface area contributed by atoms with Crippen molar-refractivity contribution in [2.24, 2.45) is 0 Å². The number of anilines is 1. The third-order valence-electron chi connectivity index (χ3n) is 8.37. The van der Waals surface area contributed by atoms with E-state index in [1.54, 1.807) is 4.90 Å². The first kappa shape index (κ1) is 31.9. The zero-order valence-corrected chi connectivity index (χ0v) is 27.1. The van der Waals surface area contributed by atoms with Gasteiger partial charge < -0.3 is 9.16 Å². The summed E-state index contributed by atoms with van der Waals surface area (Å²) in [6, 6.07) is 37.9. The zero-order valence-electron chi connectivity index (χ0n) is 26.1. The minimum Gasteiger partial charge on any atom is -0.444 e. The molecule has 0 aromatic heterocycles. The number of benzene rings is 4. The Morgan fingerprint density at radius 1 is 0.844 bits per heavy atom. The summed E-state index contributed by atoms with van der Waals surface area (Å²) in [5.41, 5.74) is 3.72. The maximum atomic E-state index is 13.4. The summed E-state index contributed by atoms with van der Waals surface area (Å²) in [6.07, 6.45) is 0.724. The van der Waals surface area contributed by atoms with E-state index >= 15 is 0 Å². The predicted molar refractivity (Wildman–Crippen MR) is 182 cm³/mol. The summed E-state index contributed by atoms with van der Waals surface area (Å²) in [7, 11) is -2.72. The summed E-state index contributed by atoms with van der Waals surface area (Å²) < 4.78 is 12.8. The highest BCUT2D eigenvalue weighted by Gasteiger charge is 2.50. The minimum atomic E-state index is -2.72. The molecule has 1 amide bonds. The third kappa shape index (κ3) is 7.08. The van der Waals surface area contributed by atoms with Crippen LogP contribution in [0.1, 0.15) is 44.7 Å². The number of carbonyl (C=O) groups is 1. The Hall–Kier alpha value is -4.53. The highest BCUT2D eigenvalue weighted by Crippen LogP contribution is 2.39. The summed E-state index contributed by atoms with van der Waals surface area (Å²) in [5, 5.41) is 14.1. The van der Waals surface area contributed by atoms with Gasteiger partial charge in [0.05, 0.1) is 12.2 Å². The van der Waals surface area contributed by atoms with E-state index in [1.165, 1.54) is 10.4 Å². The van der Waals surface area contributed by atoms with Gasteiger partial charge in [-0.05, 0) is 45.5 Å². The van der Waals surface area contributed by atoms with Crippen LogP contribution >= 0.6 is 0 Å². The number of fused-ring (bicyclic) bond motifs is 1. The van der Waals surface area contributed by atoms with E-state index < -0.39 is 14.4 Å². The standard InChI is InChI=1S/C37H40N2O5Si/c1-37(2,3)45(31-19-9-5-10-20-31,32-21-11-6-12-22-32)44-25-15-18-30-26-38(36(40)43-28-29-16-7-4-8-17-29)35-24-14-13-23-33(35)34(30)27-39(41)42/h4-14,16-17,19-24H,15,18,25-28H2,1-3H3. The molecule has 0 radical (unpaired) electrons. The van der Waals surface area contributed by atoms with Crippen LogP contribution in [0, 0.1) is 10.1 Å². The van der Waals surface area contributed by atoms with Crippen LogP contribution in [0.2, 0.25) is 5.04 Å². The van der Waals surface area contributed by atoms with Crippen LogP contribution in [0.5, 0.6) is 0 Å². The molecule has 4 aromatic rings. The Balaban J connectivity index is 1.40. The Morgan fingerprint density at radius 2 is 1.40 bits per heavy atom. The molecule has 1 heterocycles. The number of para-hydroxylation sites is 1. The Kier molecular flexibility index (Phi) is 9.95. The number of carbonyl (C=O) groups excluding carboxylic acids is 1. The van der Waals surface area contributed by atoms with Crippen LogP contribution in [0.4, 0.5) is 10.5 Å². The van der Waals surface area contributed by atoms with E-state index in [1.807, 2.05) is 66.7 Å². The molecule has 0 aliphatic carbocycles. The molecule has 0 spiro atoms. The van der Waals surface area contributed by atoms with Crippen molar-refractivity contribution in [3.8, 4) is 0 Å². The summed E-state index contributed by atoms with van der Waals surface area (Å²) in [6.45, 7) is 7.27. The Labute approximate surface area is 266 Å². The molecule has 1 aliphatic rings. The molecule has 5 rings (SSSR count). The van der Waals surface area contributed by atoms with Crippen molar-refractivity contribution in [3.63, 3.8) is 0 Å². The maximum Gasteiger partial charge on any atom is 0.414 e. The van der Waals surface area contributed by atoms with E-state index in [4.69, 9.17) is 9.16 Å². The lowest BCUT2D eigenvalue weighted by molar-refractivity contribution is -0.465. The molecule has 0 fully saturated rings. The number of amides is 1. The summed E-state index contributed by atoms with van der Waals surface area (Å²) >= 11 is 0. The van der Waals surface area contributed by atoms with E-state index in [9.17, 15) is 14.9 Å². The quantitative estimate of drug-likeness (QED) is 0.0765. The number of hydrogen-bond acceptors (Lipinski definition) is 5. The molecule has 0 N–H and O–H groups in total. The van der Waals surface area contributed by atoms with Gasteiger partial charge in [-0.25, -0.2) is 4.79 Å². The number of nitrogens with zero attached hydrogens (tertiary/aromatic N) is 2. The first-order valence-corrected chi connectivity index (χ1v) is 17.3. The maximum absolute atomic E-state index is 13.4. The van der Waals surface area contributed by atoms with Crippen LogP contribution in [0.25, 0.3) is 5.57 Å². The molecule has 0 unspecified atom stereocenters. The monoisotopic (exact) mass is 620 g/mol.